The highest BCUT2D eigenvalue weighted by atomic mass is 16.6. The zero-order chi connectivity index (χ0) is 10.6. The Morgan fingerprint density at radius 1 is 1.50 bits per heavy atom. The molecule has 0 saturated carbocycles. The van der Waals surface area contributed by atoms with Crippen molar-refractivity contribution in [3.05, 3.63) is 28.3 Å². The van der Waals surface area contributed by atoms with Gasteiger partial charge in [-0.2, -0.15) is 0 Å². The molecule has 4 N–H and O–H groups in total. The Labute approximate surface area is 80.6 Å². The third-order valence-electron chi connectivity index (χ3n) is 1.56. The quantitative estimate of drug-likeness (QED) is 0.415. The highest BCUT2D eigenvalue weighted by Gasteiger charge is 2.14. The van der Waals surface area contributed by atoms with E-state index < -0.39 is 4.92 Å². The van der Waals surface area contributed by atoms with Gasteiger partial charge in [0.1, 0.15) is 6.61 Å². The minimum atomic E-state index is -0.523. The molecule has 76 valence electrons. The van der Waals surface area contributed by atoms with Crippen LogP contribution in [0.5, 0.6) is 5.75 Å². The molecule has 0 aromatic heterocycles. The number of hydrogen-bond acceptors (Lipinski definition) is 5. The van der Waals surface area contributed by atoms with Crippen molar-refractivity contribution in [3.63, 3.8) is 0 Å². The van der Waals surface area contributed by atoms with E-state index in [1.54, 1.807) is 0 Å². The van der Waals surface area contributed by atoms with Crippen molar-refractivity contribution in [2.45, 2.75) is 0 Å². The molecule has 0 heterocycles. The monoisotopic (exact) mass is 197 g/mol. The molecule has 0 saturated heterocycles. The molecule has 1 aromatic rings. The Bertz CT molecular complexity index is 341. The van der Waals surface area contributed by atoms with Crippen LogP contribution in [-0.2, 0) is 0 Å². The van der Waals surface area contributed by atoms with Crippen LogP contribution >= 0.6 is 0 Å². The predicted octanol–water partition coefficient (Wildman–Crippen LogP) is 0.514. The molecular weight excluding hydrogens is 186 g/mol. The van der Waals surface area contributed by atoms with Crippen molar-refractivity contribution in [1.82, 2.24) is 0 Å². The van der Waals surface area contributed by atoms with Crippen LogP contribution in [0.1, 0.15) is 0 Å². The normalized spacial score (nSPS) is 9.79. The zero-order valence-electron chi connectivity index (χ0n) is 7.47. The number of hydrogen-bond donors (Lipinski definition) is 2. The molecule has 0 aliphatic rings. The molecule has 0 unspecified atom stereocenters. The summed E-state index contributed by atoms with van der Waals surface area (Å²) < 4.78 is 5.08. The van der Waals surface area contributed by atoms with Crippen LogP contribution in [0.25, 0.3) is 0 Å². The molecular formula is C8H11N3O3. The Hall–Kier alpha value is -1.82. The Morgan fingerprint density at radius 3 is 2.79 bits per heavy atom. The summed E-state index contributed by atoms with van der Waals surface area (Å²) in [6, 6.07) is 4.17. The molecule has 6 heteroatoms. The van der Waals surface area contributed by atoms with Crippen LogP contribution in [0, 0.1) is 10.1 Å². The van der Waals surface area contributed by atoms with Gasteiger partial charge in [-0.15, -0.1) is 0 Å². The lowest BCUT2D eigenvalue weighted by Gasteiger charge is -2.05. The first-order chi connectivity index (χ1) is 6.65. The molecule has 1 rings (SSSR count). The molecule has 0 radical (unpaired) electrons. The van der Waals surface area contributed by atoms with Crippen LogP contribution in [0.3, 0.4) is 0 Å². The fourth-order valence-corrected chi connectivity index (χ4v) is 0.966. The second-order valence-corrected chi connectivity index (χ2v) is 2.62. The van der Waals surface area contributed by atoms with E-state index in [-0.39, 0.29) is 18.0 Å². The smallest absolute Gasteiger partial charge is 0.311 e. The lowest BCUT2D eigenvalue weighted by molar-refractivity contribution is -0.385. The van der Waals surface area contributed by atoms with Gasteiger partial charge in [0.05, 0.1) is 4.92 Å². The summed E-state index contributed by atoms with van der Waals surface area (Å²) in [5, 5.41) is 10.5. The topological polar surface area (TPSA) is 104 Å². The first-order valence-corrected chi connectivity index (χ1v) is 4.02. The standard InChI is InChI=1S/C8H11N3O3/c9-3-4-14-8-5-6(10)1-2-7(8)11(12)13/h1-2,5H,3-4,9-10H2. The number of nitrogen functional groups attached to an aromatic ring is 1. The minimum Gasteiger partial charge on any atom is -0.485 e. The van der Waals surface area contributed by atoms with Gasteiger partial charge in [-0.1, -0.05) is 0 Å². The van der Waals surface area contributed by atoms with Crippen LogP contribution in [0.2, 0.25) is 0 Å². The molecule has 0 aliphatic carbocycles. The van der Waals surface area contributed by atoms with Crippen LogP contribution in [0.4, 0.5) is 11.4 Å². The van der Waals surface area contributed by atoms with Crippen molar-refractivity contribution in [1.29, 1.82) is 0 Å². The summed E-state index contributed by atoms with van der Waals surface area (Å²) in [6.45, 7) is 0.524. The van der Waals surface area contributed by atoms with E-state index in [0.29, 0.717) is 12.2 Å². The minimum absolute atomic E-state index is 0.104. The molecule has 0 amide bonds. The lowest BCUT2D eigenvalue weighted by atomic mass is 10.2. The van der Waals surface area contributed by atoms with E-state index in [1.807, 2.05) is 0 Å². The van der Waals surface area contributed by atoms with E-state index in [2.05, 4.69) is 0 Å². The highest BCUT2D eigenvalue weighted by Crippen LogP contribution is 2.28. The number of nitrogens with two attached hydrogens (primary N) is 2. The molecule has 0 spiro atoms. The summed E-state index contributed by atoms with van der Waals surface area (Å²) in [7, 11) is 0. The molecule has 6 nitrogen and oxygen atoms in total. The second-order valence-electron chi connectivity index (χ2n) is 2.62. The molecule has 0 atom stereocenters. The van der Waals surface area contributed by atoms with Crippen LogP contribution in [0.15, 0.2) is 18.2 Å². The molecule has 0 aliphatic heterocycles. The number of rotatable bonds is 4. The first kappa shape index (κ1) is 10.3. The third-order valence-corrected chi connectivity index (χ3v) is 1.56. The highest BCUT2D eigenvalue weighted by molar-refractivity contribution is 5.55. The average molecular weight is 197 g/mol. The van der Waals surface area contributed by atoms with E-state index in [0.717, 1.165) is 0 Å². The number of ether oxygens (including phenoxy) is 1. The Balaban J connectivity index is 2.97. The van der Waals surface area contributed by atoms with Gasteiger partial charge < -0.3 is 16.2 Å². The number of nitrogens with zero attached hydrogens (tertiary/aromatic N) is 1. The van der Waals surface area contributed by atoms with Gasteiger partial charge in [0.15, 0.2) is 5.75 Å². The maximum atomic E-state index is 10.5. The summed E-state index contributed by atoms with van der Waals surface area (Å²) >= 11 is 0. The van der Waals surface area contributed by atoms with Gasteiger partial charge in [-0.3, -0.25) is 10.1 Å². The summed E-state index contributed by atoms with van der Waals surface area (Å²) in [5.74, 6) is 0.153. The number of nitro benzene ring substituents is 1. The maximum absolute atomic E-state index is 10.5. The SMILES string of the molecule is NCCOc1cc(N)ccc1[N+](=O)[O-]. The van der Waals surface area contributed by atoms with Gasteiger partial charge in [0, 0.05) is 24.4 Å². The van der Waals surface area contributed by atoms with Crippen molar-refractivity contribution in [2.75, 3.05) is 18.9 Å². The van der Waals surface area contributed by atoms with E-state index in [1.165, 1.54) is 18.2 Å². The zero-order valence-corrected chi connectivity index (χ0v) is 7.47. The number of nitro groups is 1. The first-order valence-electron chi connectivity index (χ1n) is 4.02. The fourth-order valence-electron chi connectivity index (χ4n) is 0.966. The van der Waals surface area contributed by atoms with Crippen LogP contribution < -0.4 is 16.2 Å². The summed E-state index contributed by atoms with van der Waals surface area (Å²) in [5.41, 5.74) is 11.0. The van der Waals surface area contributed by atoms with Gasteiger partial charge in [-0.05, 0) is 6.07 Å². The second kappa shape index (κ2) is 4.43. The predicted molar refractivity (Wildman–Crippen MR) is 52.1 cm³/mol. The van der Waals surface area contributed by atoms with Crippen LogP contribution in [-0.4, -0.2) is 18.1 Å². The summed E-state index contributed by atoms with van der Waals surface area (Å²) in [4.78, 5) is 10.0. The number of benzene rings is 1. The molecule has 0 bridgehead atoms. The molecule has 0 fully saturated rings. The summed E-state index contributed by atoms with van der Waals surface area (Å²) in [6.07, 6.45) is 0. The number of anilines is 1. The largest absolute Gasteiger partial charge is 0.485 e. The van der Waals surface area contributed by atoms with Gasteiger partial charge >= 0.3 is 5.69 Å². The fraction of sp³-hybridized carbons (Fsp3) is 0.250. The van der Waals surface area contributed by atoms with Gasteiger partial charge in [-0.25, -0.2) is 0 Å². The molecule has 14 heavy (non-hydrogen) atoms. The van der Waals surface area contributed by atoms with Crippen molar-refractivity contribution >= 4 is 11.4 Å². The lowest BCUT2D eigenvalue weighted by Crippen LogP contribution is -2.11. The molecule has 1 aromatic carbocycles. The Morgan fingerprint density at radius 2 is 2.21 bits per heavy atom. The van der Waals surface area contributed by atoms with Gasteiger partial charge in [0.2, 0.25) is 0 Å². The average Bonchev–Trinajstić information content (AvgIpc) is 2.14. The maximum Gasteiger partial charge on any atom is 0.311 e. The van der Waals surface area contributed by atoms with E-state index >= 15 is 0 Å². The van der Waals surface area contributed by atoms with E-state index in [4.69, 9.17) is 16.2 Å². The van der Waals surface area contributed by atoms with Crippen molar-refractivity contribution < 1.29 is 9.66 Å². The Kier molecular flexibility index (Phi) is 3.24. The van der Waals surface area contributed by atoms with Crippen molar-refractivity contribution in [3.8, 4) is 5.75 Å². The van der Waals surface area contributed by atoms with E-state index in [9.17, 15) is 10.1 Å². The third kappa shape index (κ3) is 2.33. The van der Waals surface area contributed by atoms with Gasteiger partial charge in [0.25, 0.3) is 0 Å². The van der Waals surface area contributed by atoms with Crippen molar-refractivity contribution in [2.24, 2.45) is 5.73 Å².